The molecule has 4 rings (SSSR count). The Labute approximate surface area is 168 Å². The Hall–Kier alpha value is -2.70. The highest BCUT2D eigenvalue weighted by Crippen LogP contribution is 2.37. The number of para-hydroxylation sites is 1. The molecule has 0 atom stereocenters. The van der Waals surface area contributed by atoms with E-state index >= 15 is 0 Å². The van der Waals surface area contributed by atoms with Gasteiger partial charge in [0, 0.05) is 21.4 Å². The molecule has 4 aromatic rings. The number of aromatic nitrogens is 1. The summed E-state index contributed by atoms with van der Waals surface area (Å²) in [6.07, 6.45) is 1.70. The van der Waals surface area contributed by atoms with E-state index in [9.17, 15) is 8.42 Å². The fourth-order valence-corrected chi connectivity index (χ4v) is 5.40. The number of methoxy groups -OCH3 is 1. The molecule has 0 fully saturated rings. The zero-order valence-corrected chi connectivity index (χ0v) is 17.1. The number of ether oxygens (including phenoxy) is 1. The molecule has 0 unspecified atom stereocenters. The molecule has 0 spiro atoms. The van der Waals surface area contributed by atoms with Crippen LogP contribution in [0.3, 0.4) is 0 Å². The zero-order valence-electron chi connectivity index (χ0n) is 15.5. The summed E-state index contributed by atoms with van der Waals surface area (Å²) in [5.41, 5.74) is 1.69. The molecule has 0 aliphatic heterocycles. The summed E-state index contributed by atoms with van der Waals surface area (Å²) < 4.78 is 33.1. The van der Waals surface area contributed by atoms with Gasteiger partial charge in [0.15, 0.2) is 0 Å². The van der Waals surface area contributed by atoms with E-state index in [0.717, 1.165) is 26.5 Å². The molecule has 0 aliphatic rings. The van der Waals surface area contributed by atoms with Crippen molar-refractivity contribution in [3.63, 3.8) is 0 Å². The lowest BCUT2D eigenvalue weighted by Crippen LogP contribution is -2.11. The van der Waals surface area contributed by atoms with Crippen LogP contribution < -0.4 is 4.74 Å². The standard InChI is InChI=1S/C22H19NO3S2/c1-16-7-13-19(14-8-16)28(24,25)23-15-22(20-5-3-4-6-21(20)23)27-18-11-9-17(26-2)10-12-18/h3-15H,1-2H3. The van der Waals surface area contributed by atoms with Gasteiger partial charge in [0.25, 0.3) is 10.0 Å². The van der Waals surface area contributed by atoms with Crippen LogP contribution in [0.15, 0.2) is 93.7 Å². The highest BCUT2D eigenvalue weighted by atomic mass is 32.2. The summed E-state index contributed by atoms with van der Waals surface area (Å²) in [6, 6.07) is 22.2. The lowest BCUT2D eigenvalue weighted by atomic mass is 10.2. The van der Waals surface area contributed by atoms with E-state index in [1.54, 1.807) is 25.4 Å². The average molecular weight is 410 g/mol. The van der Waals surface area contributed by atoms with Crippen LogP contribution in [0.25, 0.3) is 10.9 Å². The van der Waals surface area contributed by atoms with Crippen LogP contribution in [0.2, 0.25) is 0 Å². The van der Waals surface area contributed by atoms with E-state index in [2.05, 4.69) is 0 Å². The number of fused-ring (bicyclic) bond motifs is 1. The Morgan fingerprint density at radius 3 is 2.25 bits per heavy atom. The van der Waals surface area contributed by atoms with Crippen molar-refractivity contribution in [3.8, 4) is 5.75 Å². The Morgan fingerprint density at radius 2 is 1.57 bits per heavy atom. The van der Waals surface area contributed by atoms with E-state index in [1.165, 1.54) is 15.7 Å². The topological polar surface area (TPSA) is 48.3 Å². The summed E-state index contributed by atoms with van der Waals surface area (Å²) in [5.74, 6) is 0.786. The van der Waals surface area contributed by atoms with Crippen LogP contribution in [0.4, 0.5) is 0 Å². The van der Waals surface area contributed by atoms with E-state index in [4.69, 9.17) is 4.74 Å². The van der Waals surface area contributed by atoms with Gasteiger partial charge in [0.1, 0.15) is 5.75 Å². The monoisotopic (exact) mass is 409 g/mol. The third kappa shape index (κ3) is 3.41. The average Bonchev–Trinajstić information content (AvgIpc) is 3.08. The number of aryl methyl sites for hydroxylation is 1. The number of benzene rings is 3. The van der Waals surface area contributed by atoms with Gasteiger partial charge in [0.2, 0.25) is 0 Å². The molecule has 6 heteroatoms. The number of hydrogen-bond donors (Lipinski definition) is 0. The molecule has 0 saturated heterocycles. The summed E-state index contributed by atoms with van der Waals surface area (Å²) in [4.78, 5) is 2.17. The van der Waals surface area contributed by atoms with Crippen LogP contribution in [0.5, 0.6) is 5.75 Å². The normalized spacial score (nSPS) is 11.6. The number of rotatable bonds is 5. The van der Waals surface area contributed by atoms with Gasteiger partial charge < -0.3 is 4.74 Å². The maximum Gasteiger partial charge on any atom is 0.268 e. The van der Waals surface area contributed by atoms with Crippen molar-refractivity contribution in [1.29, 1.82) is 0 Å². The number of nitrogens with zero attached hydrogens (tertiary/aromatic N) is 1. The smallest absolute Gasteiger partial charge is 0.268 e. The molecule has 0 amide bonds. The maximum atomic E-state index is 13.2. The lowest BCUT2D eigenvalue weighted by Gasteiger charge is -2.07. The van der Waals surface area contributed by atoms with E-state index < -0.39 is 10.0 Å². The van der Waals surface area contributed by atoms with Gasteiger partial charge in [-0.1, -0.05) is 47.7 Å². The Morgan fingerprint density at radius 1 is 0.893 bits per heavy atom. The maximum absolute atomic E-state index is 13.2. The van der Waals surface area contributed by atoms with Gasteiger partial charge in [-0.05, 0) is 49.4 Å². The summed E-state index contributed by atoms with van der Waals surface area (Å²) in [5, 5.41) is 0.902. The van der Waals surface area contributed by atoms with Gasteiger partial charge in [-0.25, -0.2) is 12.4 Å². The zero-order chi connectivity index (χ0) is 19.7. The van der Waals surface area contributed by atoms with Crippen LogP contribution in [-0.2, 0) is 10.0 Å². The first-order valence-corrected chi connectivity index (χ1v) is 11.0. The molecule has 0 radical (unpaired) electrons. The lowest BCUT2D eigenvalue weighted by molar-refractivity contribution is 0.414. The quantitative estimate of drug-likeness (QED) is 0.446. The first kappa shape index (κ1) is 18.7. The minimum atomic E-state index is -3.68. The van der Waals surface area contributed by atoms with Gasteiger partial charge >= 0.3 is 0 Å². The molecule has 0 aliphatic carbocycles. The SMILES string of the molecule is COc1ccc(Sc2cn(S(=O)(=O)c3ccc(C)cc3)c3ccccc23)cc1. The Bertz CT molecular complexity index is 1230. The van der Waals surface area contributed by atoms with Crippen LogP contribution >= 0.6 is 11.8 Å². The molecular formula is C22H19NO3S2. The third-order valence-electron chi connectivity index (χ3n) is 4.51. The second kappa shape index (κ2) is 7.37. The highest BCUT2D eigenvalue weighted by Gasteiger charge is 2.21. The highest BCUT2D eigenvalue weighted by molar-refractivity contribution is 7.99. The summed E-state index contributed by atoms with van der Waals surface area (Å²) in [6.45, 7) is 1.94. The fraction of sp³-hybridized carbons (Fsp3) is 0.0909. The van der Waals surface area contributed by atoms with Crippen molar-refractivity contribution in [2.24, 2.45) is 0 Å². The van der Waals surface area contributed by atoms with Crippen LogP contribution in [0.1, 0.15) is 5.56 Å². The van der Waals surface area contributed by atoms with Gasteiger partial charge in [-0.2, -0.15) is 0 Å². The molecule has 0 N–H and O–H groups in total. The Kier molecular flexibility index (Phi) is 4.91. The molecule has 28 heavy (non-hydrogen) atoms. The molecule has 4 nitrogen and oxygen atoms in total. The molecular weight excluding hydrogens is 390 g/mol. The Balaban J connectivity index is 1.81. The first-order valence-electron chi connectivity index (χ1n) is 8.73. The van der Waals surface area contributed by atoms with E-state index in [1.807, 2.05) is 67.6 Å². The van der Waals surface area contributed by atoms with Gasteiger partial charge in [0.05, 0.1) is 17.5 Å². The van der Waals surface area contributed by atoms with Gasteiger partial charge in [-0.15, -0.1) is 0 Å². The van der Waals surface area contributed by atoms with E-state index in [-0.39, 0.29) is 4.90 Å². The fourth-order valence-electron chi connectivity index (χ4n) is 2.99. The first-order chi connectivity index (χ1) is 13.5. The second-order valence-electron chi connectivity index (χ2n) is 6.40. The van der Waals surface area contributed by atoms with Crippen LogP contribution in [-0.4, -0.2) is 19.5 Å². The van der Waals surface area contributed by atoms with Crippen molar-refractivity contribution < 1.29 is 13.2 Å². The minimum Gasteiger partial charge on any atom is -0.497 e. The van der Waals surface area contributed by atoms with Crippen molar-refractivity contribution in [1.82, 2.24) is 3.97 Å². The third-order valence-corrected chi connectivity index (χ3v) is 7.25. The van der Waals surface area contributed by atoms with E-state index in [0.29, 0.717) is 5.52 Å². The summed E-state index contributed by atoms with van der Waals surface area (Å²) in [7, 11) is -2.05. The van der Waals surface area contributed by atoms with Crippen molar-refractivity contribution >= 4 is 32.7 Å². The molecule has 1 heterocycles. The molecule has 0 bridgehead atoms. The predicted octanol–water partition coefficient (Wildman–Crippen LogP) is 5.35. The minimum absolute atomic E-state index is 0.278. The molecule has 1 aromatic heterocycles. The predicted molar refractivity (Wildman–Crippen MR) is 113 cm³/mol. The number of hydrogen-bond acceptors (Lipinski definition) is 4. The molecule has 142 valence electrons. The van der Waals surface area contributed by atoms with Crippen LogP contribution in [0, 0.1) is 6.92 Å². The summed E-state index contributed by atoms with van der Waals surface area (Å²) >= 11 is 1.53. The molecule has 3 aromatic carbocycles. The van der Waals surface area contributed by atoms with Gasteiger partial charge in [-0.3, -0.25) is 0 Å². The largest absolute Gasteiger partial charge is 0.497 e. The van der Waals surface area contributed by atoms with Crippen molar-refractivity contribution in [2.75, 3.05) is 7.11 Å². The van der Waals surface area contributed by atoms with Crippen molar-refractivity contribution in [3.05, 3.63) is 84.6 Å². The van der Waals surface area contributed by atoms with Crippen molar-refractivity contribution in [2.45, 2.75) is 21.6 Å². The second-order valence-corrected chi connectivity index (χ2v) is 9.33. The molecule has 0 saturated carbocycles.